The molecule has 4 heteroatoms. The zero-order valence-electron chi connectivity index (χ0n) is 12.3. The maximum atomic E-state index is 12.7. The van der Waals surface area contributed by atoms with E-state index in [1.165, 1.54) is 0 Å². The molecule has 0 bridgehead atoms. The molecule has 0 aliphatic carbocycles. The first-order valence-corrected chi connectivity index (χ1v) is 7.55. The third-order valence-electron chi connectivity index (χ3n) is 4.91. The number of carbonyl (C=O) groups excluding carboxylic acids is 1. The number of hydrogen-bond donors (Lipinski definition) is 1. The standard InChI is InChI=1S/C17H21NO3/c1-2-17(12-19)7-9-18(10-8-17)16(20)14-11-21-15-6-4-3-5-13(14)15/h3-6,11,19H,2,7-10,12H2,1H3. The molecule has 1 aliphatic heterocycles. The number of rotatable bonds is 3. The van der Waals surface area contributed by atoms with Crippen LogP contribution in [0.15, 0.2) is 34.9 Å². The summed E-state index contributed by atoms with van der Waals surface area (Å²) in [6, 6.07) is 7.60. The minimum absolute atomic E-state index is 0.00472. The lowest BCUT2D eigenvalue weighted by molar-refractivity contribution is 0.0338. The van der Waals surface area contributed by atoms with E-state index >= 15 is 0 Å². The minimum Gasteiger partial charge on any atom is -0.463 e. The zero-order chi connectivity index (χ0) is 14.9. The van der Waals surface area contributed by atoms with Crippen LogP contribution >= 0.6 is 0 Å². The van der Waals surface area contributed by atoms with Crippen molar-refractivity contribution < 1.29 is 14.3 Å². The number of aliphatic hydroxyl groups excluding tert-OH is 1. The number of hydrogen-bond acceptors (Lipinski definition) is 3. The molecule has 2 aromatic rings. The van der Waals surface area contributed by atoms with Gasteiger partial charge >= 0.3 is 0 Å². The Morgan fingerprint density at radius 2 is 2.05 bits per heavy atom. The fourth-order valence-corrected chi connectivity index (χ4v) is 3.12. The minimum atomic E-state index is -0.00472. The van der Waals surface area contributed by atoms with Crippen molar-refractivity contribution in [3.63, 3.8) is 0 Å². The largest absolute Gasteiger partial charge is 0.463 e. The second kappa shape index (κ2) is 5.53. The highest BCUT2D eigenvalue weighted by Gasteiger charge is 2.34. The molecule has 1 aromatic heterocycles. The monoisotopic (exact) mass is 287 g/mol. The van der Waals surface area contributed by atoms with E-state index in [4.69, 9.17) is 4.42 Å². The molecule has 2 heterocycles. The van der Waals surface area contributed by atoms with Gasteiger partial charge in [0.25, 0.3) is 5.91 Å². The summed E-state index contributed by atoms with van der Waals surface area (Å²) in [6.07, 6.45) is 4.24. The van der Waals surface area contributed by atoms with Crippen LogP contribution in [-0.4, -0.2) is 35.6 Å². The molecule has 1 aliphatic rings. The van der Waals surface area contributed by atoms with Crippen molar-refractivity contribution in [1.29, 1.82) is 0 Å². The summed E-state index contributed by atoms with van der Waals surface area (Å²) in [6.45, 7) is 3.72. The lowest BCUT2D eigenvalue weighted by Crippen LogP contribution is -2.44. The summed E-state index contributed by atoms with van der Waals surface area (Å²) in [5, 5.41) is 10.4. The van der Waals surface area contributed by atoms with Gasteiger partial charge in [0.1, 0.15) is 11.8 Å². The van der Waals surface area contributed by atoms with E-state index in [1.54, 1.807) is 6.26 Å². The third-order valence-corrected chi connectivity index (χ3v) is 4.91. The van der Waals surface area contributed by atoms with Gasteiger partial charge in [-0.15, -0.1) is 0 Å². The van der Waals surface area contributed by atoms with Gasteiger partial charge in [-0.25, -0.2) is 0 Å². The molecule has 1 amide bonds. The molecule has 0 atom stereocenters. The van der Waals surface area contributed by atoms with E-state index in [0.717, 1.165) is 30.2 Å². The molecule has 0 radical (unpaired) electrons. The number of nitrogens with zero attached hydrogens (tertiary/aromatic N) is 1. The van der Waals surface area contributed by atoms with Crippen LogP contribution in [0.25, 0.3) is 11.0 Å². The Bertz CT molecular complexity index is 632. The van der Waals surface area contributed by atoms with Crippen LogP contribution in [0.5, 0.6) is 0 Å². The molecular weight excluding hydrogens is 266 g/mol. The second-order valence-electron chi connectivity index (χ2n) is 5.95. The Hall–Kier alpha value is -1.81. The smallest absolute Gasteiger partial charge is 0.257 e. The van der Waals surface area contributed by atoms with Gasteiger partial charge in [-0.3, -0.25) is 4.79 Å². The summed E-state index contributed by atoms with van der Waals surface area (Å²) < 4.78 is 5.46. The molecule has 1 fully saturated rings. The van der Waals surface area contributed by atoms with Crippen LogP contribution < -0.4 is 0 Å². The van der Waals surface area contributed by atoms with Crippen molar-refractivity contribution in [1.82, 2.24) is 4.90 Å². The third kappa shape index (κ3) is 2.44. The fraction of sp³-hybridized carbons (Fsp3) is 0.471. The highest BCUT2D eigenvalue weighted by atomic mass is 16.3. The van der Waals surface area contributed by atoms with Gasteiger partial charge in [0.05, 0.1) is 5.56 Å². The number of aliphatic hydroxyl groups is 1. The van der Waals surface area contributed by atoms with E-state index in [2.05, 4.69) is 6.92 Å². The highest BCUT2D eigenvalue weighted by Crippen LogP contribution is 2.35. The second-order valence-corrected chi connectivity index (χ2v) is 5.95. The molecule has 4 nitrogen and oxygen atoms in total. The van der Waals surface area contributed by atoms with E-state index in [-0.39, 0.29) is 17.9 Å². The molecule has 3 rings (SSSR count). The quantitative estimate of drug-likeness (QED) is 0.944. The van der Waals surface area contributed by atoms with Gasteiger partial charge in [0.15, 0.2) is 0 Å². The Morgan fingerprint density at radius 3 is 2.71 bits per heavy atom. The molecule has 21 heavy (non-hydrogen) atoms. The van der Waals surface area contributed by atoms with Crippen molar-refractivity contribution in [2.24, 2.45) is 5.41 Å². The first kappa shape index (κ1) is 14.1. The number of amides is 1. The normalized spacial score (nSPS) is 18.1. The molecule has 1 aromatic carbocycles. The van der Waals surface area contributed by atoms with Gasteiger partial charge in [-0.05, 0) is 30.7 Å². The Kier molecular flexibility index (Phi) is 3.72. The van der Waals surface area contributed by atoms with Crippen LogP contribution in [-0.2, 0) is 0 Å². The van der Waals surface area contributed by atoms with Gasteiger partial charge in [-0.2, -0.15) is 0 Å². The van der Waals surface area contributed by atoms with Crippen LogP contribution in [0.4, 0.5) is 0 Å². The number of piperidine rings is 1. The van der Waals surface area contributed by atoms with E-state index in [0.29, 0.717) is 18.7 Å². The first-order valence-electron chi connectivity index (χ1n) is 7.55. The molecule has 1 saturated heterocycles. The Morgan fingerprint density at radius 1 is 1.33 bits per heavy atom. The van der Waals surface area contributed by atoms with Crippen LogP contribution in [0, 0.1) is 5.41 Å². The molecule has 0 saturated carbocycles. The predicted octanol–water partition coefficient (Wildman–Crippen LogP) is 3.06. The van der Waals surface area contributed by atoms with E-state index < -0.39 is 0 Å². The van der Waals surface area contributed by atoms with Gasteiger partial charge in [0.2, 0.25) is 0 Å². The number of para-hydroxylation sites is 1. The van der Waals surface area contributed by atoms with Crippen LogP contribution in [0.2, 0.25) is 0 Å². The van der Waals surface area contributed by atoms with Crippen molar-refractivity contribution >= 4 is 16.9 Å². The average Bonchev–Trinajstić information content (AvgIpc) is 2.98. The van der Waals surface area contributed by atoms with Crippen LogP contribution in [0.1, 0.15) is 36.5 Å². The first-order chi connectivity index (χ1) is 10.2. The summed E-state index contributed by atoms with van der Waals surface area (Å²) in [5.41, 5.74) is 1.38. The van der Waals surface area contributed by atoms with Gasteiger partial charge < -0.3 is 14.4 Å². The van der Waals surface area contributed by atoms with Crippen molar-refractivity contribution in [2.75, 3.05) is 19.7 Å². The molecular formula is C17H21NO3. The van der Waals surface area contributed by atoms with Crippen LogP contribution in [0.3, 0.4) is 0 Å². The number of benzene rings is 1. The van der Waals surface area contributed by atoms with Gasteiger partial charge in [-0.1, -0.05) is 25.1 Å². The summed E-state index contributed by atoms with van der Waals surface area (Å²) in [5.74, 6) is 0.0302. The van der Waals surface area contributed by atoms with E-state index in [9.17, 15) is 9.90 Å². The number of carbonyl (C=O) groups is 1. The lowest BCUT2D eigenvalue weighted by Gasteiger charge is -2.40. The topological polar surface area (TPSA) is 53.7 Å². The fourth-order valence-electron chi connectivity index (χ4n) is 3.12. The number of furan rings is 1. The molecule has 112 valence electrons. The average molecular weight is 287 g/mol. The number of likely N-dealkylation sites (tertiary alicyclic amines) is 1. The molecule has 0 unspecified atom stereocenters. The lowest BCUT2D eigenvalue weighted by atomic mass is 9.77. The molecule has 0 spiro atoms. The Balaban J connectivity index is 1.78. The predicted molar refractivity (Wildman–Crippen MR) is 81.2 cm³/mol. The summed E-state index contributed by atoms with van der Waals surface area (Å²) >= 11 is 0. The van der Waals surface area contributed by atoms with E-state index in [1.807, 2.05) is 29.2 Å². The number of fused-ring (bicyclic) bond motifs is 1. The zero-order valence-corrected chi connectivity index (χ0v) is 12.3. The van der Waals surface area contributed by atoms with Crippen molar-refractivity contribution in [3.8, 4) is 0 Å². The van der Waals surface area contributed by atoms with Crippen molar-refractivity contribution in [3.05, 3.63) is 36.1 Å². The SMILES string of the molecule is CCC1(CO)CCN(C(=O)c2coc3ccccc23)CC1. The maximum Gasteiger partial charge on any atom is 0.257 e. The summed E-state index contributed by atoms with van der Waals surface area (Å²) in [7, 11) is 0. The maximum absolute atomic E-state index is 12.7. The van der Waals surface area contributed by atoms with Gasteiger partial charge in [0, 0.05) is 25.1 Å². The summed E-state index contributed by atoms with van der Waals surface area (Å²) in [4.78, 5) is 14.5. The molecule has 1 N–H and O–H groups in total. The Labute approximate surface area is 124 Å². The highest BCUT2D eigenvalue weighted by molar-refractivity contribution is 6.05. The van der Waals surface area contributed by atoms with Crippen molar-refractivity contribution in [2.45, 2.75) is 26.2 Å².